The minimum absolute atomic E-state index is 0.0761. The zero-order chi connectivity index (χ0) is 12.0. The third-order valence-electron chi connectivity index (χ3n) is 2.96. The standard InChI is InChI=1S/C11H9BrClN3O/c12-8-3-1-2-7-9(8)15-11(13)16(10(7)17)6-4-14-5-6/h1-3,6,14H,4-5H2. The summed E-state index contributed by atoms with van der Waals surface area (Å²) < 4.78 is 2.35. The average molecular weight is 315 g/mol. The Morgan fingerprint density at radius 3 is 2.88 bits per heavy atom. The maximum atomic E-state index is 12.3. The van der Waals surface area contributed by atoms with E-state index in [2.05, 4.69) is 26.2 Å². The van der Waals surface area contributed by atoms with Crippen LogP contribution < -0.4 is 10.9 Å². The van der Waals surface area contributed by atoms with Crippen molar-refractivity contribution in [2.24, 2.45) is 0 Å². The topological polar surface area (TPSA) is 46.9 Å². The van der Waals surface area contributed by atoms with Gasteiger partial charge in [0.25, 0.3) is 5.56 Å². The van der Waals surface area contributed by atoms with Gasteiger partial charge in [-0.25, -0.2) is 4.98 Å². The van der Waals surface area contributed by atoms with Crippen LogP contribution in [0.25, 0.3) is 10.9 Å². The van der Waals surface area contributed by atoms with Crippen LogP contribution >= 0.6 is 27.5 Å². The monoisotopic (exact) mass is 313 g/mol. The van der Waals surface area contributed by atoms with Crippen LogP contribution in [0.15, 0.2) is 27.5 Å². The molecule has 0 atom stereocenters. The van der Waals surface area contributed by atoms with Crippen molar-refractivity contribution >= 4 is 38.4 Å². The van der Waals surface area contributed by atoms with Crippen molar-refractivity contribution < 1.29 is 0 Å². The van der Waals surface area contributed by atoms with Crippen molar-refractivity contribution in [1.82, 2.24) is 14.9 Å². The summed E-state index contributed by atoms with van der Waals surface area (Å²) in [4.78, 5) is 16.6. The van der Waals surface area contributed by atoms with Gasteiger partial charge in [-0.3, -0.25) is 9.36 Å². The van der Waals surface area contributed by atoms with Crippen LogP contribution in [0.5, 0.6) is 0 Å². The molecular weight excluding hydrogens is 305 g/mol. The van der Waals surface area contributed by atoms with Crippen molar-refractivity contribution in [2.45, 2.75) is 6.04 Å². The van der Waals surface area contributed by atoms with Crippen LogP contribution in [0.2, 0.25) is 5.28 Å². The highest BCUT2D eigenvalue weighted by Crippen LogP contribution is 2.23. The second kappa shape index (κ2) is 4.08. The predicted molar refractivity (Wildman–Crippen MR) is 70.6 cm³/mol. The lowest BCUT2D eigenvalue weighted by molar-refractivity contribution is 0.335. The van der Waals surface area contributed by atoms with Gasteiger partial charge in [0.2, 0.25) is 5.28 Å². The molecule has 1 aromatic heterocycles. The Hall–Kier alpha value is -0.910. The molecule has 0 radical (unpaired) electrons. The first-order chi connectivity index (χ1) is 8.18. The fraction of sp³-hybridized carbons (Fsp3) is 0.273. The summed E-state index contributed by atoms with van der Waals surface area (Å²) in [5.74, 6) is 0. The van der Waals surface area contributed by atoms with Crippen LogP contribution in [-0.4, -0.2) is 22.6 Å². The molecule has 0 aliphatic carbocycles. The molecule has 1 N–H and O–H groups in total. The Labute approximate surface area is 111 Å². The lowest BCUT2D eigenvalue weighted by Gasteiger charge is -2.29. The van der Waals surface area contributed by atoms with Gasteiger partial charge in [-0.2, -0.15) is 0 Å². The van der Waals surface area contributed by atoms with Gasteiger partial charge in [-0.05, 0) is 39.7 Å². The molecule has 1 aromatic carbocycles. The first kappa shape index (κ1) is 11.2. The summed E-state index contributed by atoms with van der Waals surface area (Å²) in [5, 5.41) is 3.96. The summed E-state index contributed by atoms with van der Waals surface area (Å²) in [6.45, 7) is 1.53. The molecular formula is C11H9BrClN3O. The van der Waals surface area contributed by atoms with Crippen LogP contribution in [0.3, 0.4) is 0 Å². The third-order valence-corrected chi connectivity index (χ3v) is 3.87. The van der Waals surface area contributed by atoms with E-state index in [4.69, 9.17) is 11.6 Å². The van der Waals surface area contributed by atoms with E-state index in [0.717, 1.165) is 17.6 Å². The SMILES string of the molecule is O=c1c2cccc(Br)c2nc(Cl)n1C1CNC1. The first-order valence-electron chi connectivity index (χ1n) is 5.25. The van der Waals surface area contributed by atoms with E-state index < -0.39 is 0 Å². The number of fused-ring (bicyclic) bond motifs is 1. The van der Waals surface area contributed by atoms with Gasteiger partial charge in [0.1, 0.15) is 0 Å². The van der Waals surface area contributed by atoms with Crippen molar-refractivity contribution in [2.75, 3.05) is 13.1 Å². The van der Waals surface area contributed by atoms with Crippen LogP contribution in [-0.2, 0) is 0 Å². The van der Waals surface area contributed by atoms with Crippen LogP contribution in [0.1, 0.15) is 6.04 Å². The summed E-state index contributed by atoms with van der Waals surface area (Å²) in [5.41, 5.74) is 0.541. The molecule has 0 unspecified atom stereocenters. The normalized spacial score (nSPS) is 16.1. The van der Waals surface area contributed by atoms with E-state index in [1.165, 1.54) is 0 Å². The molecule has 3 rings (SSSR count). The minimum atomic E-state index is -0.0761. The second-order valence-electron chi connectivity index (χ2n) is 4.00. The van der Waals surface area contributed by atoms with Gasteiger partial charge in [-0.1, -0.05) is 6.07 Å². The molecule has 2 heterocycles. The lowest BCUT2D eigenvalue weighted by atomic mass is 10.1. The Morgan fingerprint density at radius 1 is 1.47 bits per heavy atom. The largest absolute Gasteiger partial charge is 0.313 e. The van der Waals surface area contributed by atoms with Gasteiger partial charge in [0.15, 0.2) is 0 Å². The summed E-state index contributed by atoms with van der Waals surface area (Å²) >= 11 is 9.47. The molecule has 0 amide bonds. The quantitative estimate of drug-likeness (QED) is 0.819. The van der Waals surface area contributed by atoms with E-state index in [-0.39, 0.29) is 16.9 Å². The molecule has 1 fully saturated rings. The van der Waals surface area contributed by atoms with Crippen LogP contribution in [0.4, 0.5) is 0 Å². The number of hydrogen-bond acceptors (Lipinski definition) is 3. The molecule has 0 bridgehead atoms. The highest BCUT2D eigenvalue weighted by atomic mass is 79.9. The van der Waals surface area contributed by atoms with Crippen molar-refractivity contribution in [1.29, 1.82) is 0 Å². The molecule has 88 valence electrons. The number of nitrogens with one attached hydrogen (secondary N) is 1. The molecule has 17 heavy (non-hydrogen) atoms. The fourth-order valence-corrected chi connectivity index (χ4v) is 2.69. The smallest absolute Gasteiger partial charge is 0.262 e. The highest BCUT2D eigenvalue weighted by molar-refractivity contribution is 9.10. The van der Waals surface area contributed by atoms with Crippen molar-refractivity contribution in [3.05, 3.63) is 38.3 Å². The van der Waals surface area contributed by atoms with Gasteiger partial charge in [-0.15, -0.1) is 0 Å². The Morgan fingerprint density at radius 2 is 2.24 bits per heavy atom. The highest BCUT2D eigenvalue weighted by Gasteiger charge is 2.23. The van der Waals surface area contributed by atoms with Crippen molar-refractivity contribution in [3.8, 4) is 0 Å². The minimum Gasteiger partial charge on any atom is -0.313 e. The molecule has 1 saturated heterocycles. The summed E-state index contributed by atoms with van der Waals surface area (Å²) in [7, 11) is 0. The molecule has 6 heteroatoms. The molecule has 1 aliphatic rings. The zero-order valence-corrected chi connectivity index (χ0v) is 11.1. The molecule has 4 nitrogen and oxygen atoms in total. The first-order valence-corrected chi connectivity index (χ1v) is 6.42. The van der Waals surface area contributed by atoms with E-state index in [1.54, 1.807) is 10.6 Å². The summed E-state index contributed by atoms with van der Waals surface area (Å²) in [6, 6.07) is 5.56. The number of halogens is 2. The molecule has 1 aliphatic heterocycles. The molecule has 0 saturated carbocycles. The molecule has 2 aromatic rings. The maximum Gasteiger partial charge on any atom is 0.262 e. The number of para-hydroxylation sites is 1. The lowest BCUT2D eigenvalue weighted by Crippen LogP contribution is -2.47. The summed E-state index contributed by atoms with van der Waals surface area (Å²) in [6.07, 6.45) is 0. The number of aromatic nitrogens is 2. The van der Waals surface area contributed by atoms with Gasteiger partial charge >= 0.3 is 0 Å². The zero-order valence-electron chi connectivity index (χ0n) is 8.78. The van der Waals surface area contributed by atoms with E-state index in [9.17, 15) is 4.79 Å². The van der Waals surface area contributed by atoms with Gasteiger partial charge < -0.3 is 5.32 Å². The van der Waals surface area contributed by atoms with E-state index in [0.29, 0.717) is 10.9 Å². The van der Waals surface area contributed by atoms with Crippen LogP contribution in [0, 0.1) is 0 Å². The van der Waals surface area contributed by atoms with E-state index >= 15 is 0 Å². The Kier molecular flexibility index (Phi) is 2.69. The number of rotatable bonds is 1. The molecule has 0 spiro atoms. The van der Waals surface area contributed by atoms with Crippen molar-refractivity contribution in [3.63, 3.8) is 0 Å². The Balaban J connectivity index is 2.35. The predicted octanol–water partition coefficient (Wildman–Crippen LogP) is 1.96. The maximum absolute atomic E-state index is 12.3. The van der Waals surface area contributed by atoms with Gasteiger partial charge in [0, 0.05) is 17.6 Å². The van der Waals surface area contributed by atoms with Gasteiger partial charge in [0.05, 0.1) is 16.9 Å². The Bertz CT molecular complexity index is 651. The fourth-order valence-electron chi connectivity index (χ4n) is 1.93. The number of nitrogens with zero attached hydrogens (tertiary/aromatic N) is 2. The van der Waals surface area contributed by atoms with E-state index in [1.807, 2.05) is 12.1 Å². The third kappa shape index (κ3) is 1.69. The number of hydrogen-bond donors (Lipinski definition) is 1. The second-order valence-corrected chi connectivity index (χ2v) is 5.20. The number of benzene rings is 1. The average Bonchev–Trinajstić information content (AvgIpc) is 2.23.